The number of nitrogens with zero attached hydrogens (tertiary/aromatic N) is 1. The van der Waals surface area contributed by atoms with Crippen molar-refractivity contribution >= 4 is 18.3 Å². The van der Waals surface area contributed by atoms with Crippen molar-refractivity contribution < 1.29 is 18.0 Å². The summed E-state index contributed by atoms with van der Waals surface area (Å²) in [6, 6.07) is 0. The van der Waals surface area contributed by atoms with E-state index in [1.54, 1.807) is 0 Å². The molecule has 2 atom stereocenters. The molecule has 0 aromatic carbocycles. The molecule has 3 rings (SSSR count). The Morgan fingerprint density at radius 2 is 1.96 bits per heavy atom. The highest BCUT2D eigenvalue weighted by molar-refractivity contribution is 5.85. The standard InChI is InChI=1S/C16H25F3N2O.ClH/c17-16(18,19)7-8-21(10-12-4-5-12)14(22)15-6-2-1-3-13(15)9-20-11-15;/h12-13,20H,1-11H2;1H/t13-,15+;/m0./s1. The number of rotatable bonds is 5. The van der Waals surface area contributed by atoms with Crippen LogP contribution in [0.1, 0.15) is 44.9 Å². The lowest BCUT2D eigenvalue weighted by Crippen LogP contribution is -2.51. The van der Waals surface area contributed by atoms with Crippen LogP contribution >= 0.6 is 12.4 Å². The third-order valence-corrected chi connectivity index (χ3v) is 5.59. The highest BCUT2D eigenvalue weighted by Gasteiger charge is 2.52. The number of carbonyl (C=O) groups excluding carboxylic acids is 1. The molecule has 0 aromatic rings. The van der Waals surface area contributed by atoms with Gasteiger partial charge in [0.1, 0.15) is 0 Å². The van der Waals surface area contributed by atoms with E-state index in [0.29, 0.717) is 24.9 Å². The summed E-state index contributed by atoms with van der Waals surface area (Å²) in [5, 5.41) is 3.31. The summed E-state index contributed by atoms with van der Waals surface area (Å²) >= 11 is 0. The Morgan fingerprint density at radius 3 is 2.61 bits per heavy atom. The molecule has 7 heteroatoms. The van der Waals surface area contributed by atoms with Gasteiger partial charge in [-0.1, -0.05) is 12.8 Å². The second-order valence-electron chi connectivity index (χ2n) is 7.29. The van der Waals surface area contributed by atoms with Crippen molar-refractivity contribution in [2.75, 3.05) is 26.2 Å². The molecular weight excluding hydrogens is 329 g/mol. The molecule has 23 heavy (non-hydrogen) atoms. The molecule has 134 valence electrons. The molecule has 3 fully saturated rings. The van der Waals surface area contributed by atoms with E-state index in [4.69, 9.17) is 0 Å². The van der Waals surface area contributed by atoms with Gasteiger partial charge < -0.3 is 10.2 Å². The molecule has 0 unspecified atom stereocenters. The van der Waals surface area contributed by atoms with Gasteiger partial charge in [-0.05, 0) is 44.1 Å². The quantitative estimate of drug-likeness (QED) is 0.821. The largest absolute Gasteiger partial charge is 0.390 e. The third-order valence-electron chi connectivity index (χ3n) is 5.59. The van der Waals surface area contributed by atoms with Gasteiger partial charge in [0.15, 0.2) is 0 Å². The first-order chi connectivity index (χ1) is 10.4. The number of halogens is 4. The summed E-state index contributed by atoms with van der Waals surface area (Å²) in [6.45, 7) is 1.82. The van der Waals surface area contributed by atoms with E-state index >= 15 is 0 Å². The van der Waals surface area contributed by atoms with Crippen molar-refractivity contribution in [3.63, 3.8) is 0 Å². The molecule has 0 radical (unpaired) electrons. The van der Waals surface area contributed by atoms with Gasteiger partial charge in [-0.15, -0.1) is 12.4 Å². The predicted molar refractivity (Wildman–Crippen MR) is 84.5 cm³/mol. The first-order valence-electron chi connectivity index (χ1n) is 8.47. The smallest absolute Gasteiger partial charge is 0.342 e. The number of hydrogen-bond acceptors (Lipinski definition) is 2. The average Bonchev–Trinajstić information content (AvgIpc) is 3.17. The summed E-state index contributed by atoms with van der Waals surface area (Å²) in [4.78, 5) is 14.6. The predicted octanol–water partition coefficient (Wildman–Crippen LogP) is 3.38. The highest BCUT2D eigenvalue weighted by Crippen LogP contribution is 2.45. The Hall–Kier alpha value is -0.490. The summed E-state index contributed by atoms with van der Waals surface area (Å²) in [5.74, 6) is 0.713. The van der Waals surface area contributed by atoms with E-state index in [0.717, 1.165) is 45.1 Å². The van der Waals surface area contributed by atoms with Gasteiger partial charge in [-0.3, -0.25) is 4.79 Å². The van der Waals surface area contributed by atoms with E-state index in [2.05, 4.69) is 5.32 Å². The van der Waals surface area contributed by atoms with Gasteiger partial charge in [0.05, 0.1) is 11.8 Å². The lowest BCUT2D eigenvalue weighted by molar-refractivity contribution is -0.154. The molecule has 2 saturated carbocycles. The summed E-state index contributed by atoms with van der Waals surface area (Å²) in [7, 11) is 0. The van der Waals surface area contributed by atoms with Crippen molar-refractivity contribution in [1.82, 2.24) is 10.2 Å². The average molecular weight is 355 g/mol. The van der Waals surface area contributed by atoms with Crippen LogP contribution < -0.4 is 5.32 Å². The first kappa shape index (κ1) is 18.8. The maximum absolute atomic E-state index is 13.1. The van der Waals surface area contributed by atoms with Crippen LogP contribution in [-0.2, 0) is 4.79 Å². The van der Waals surface area contributed by atoms with Crippen molar-refractivity contribution in [2.24, 2.45) is 17.3 Å². The summed E-state index contributed by atoms with van der Waals surface area (Å²) in [5.41, 5.74) is -0.432. The van der Waals surface area contributed by atoms with Gasteiger partial charge in [-0.2, -0.15) is 13.2 Å². The third kappa shape index (κ3) is 4.32. The van der Waals surface area contributed by atoms with Gasteiger partial charge in [0.2, 0.25) is 5.91 Å². The zero-order valence-corrected chi connectivity index (χ0v) is 14.1. The van der Waals surface area contributed by atoms with Crippen LogP contribution in [0, 0.1) is 17.3 Å². The second-order valence-corrected chi connectivity index (χ2v) is 7.29. The molecule has 3 nitrogen and oxygen atoms in total. The molecule has 1 aliphatic heterocycles. The molecule has 1 N–H and O–H groups in total. The molecule has 2 aliphatic carbocycles. The number of fused-ring (bicyclic) bond motifs is 1. The normalized spacial score (nSPS) is 30.5. The first-order valence-corrected chi connectivity index (χ1v) is 8.47. The maximum atomic E-state index is 13.1. The van der Waals surface area contributed by atoms with E-state index < -0.39 is 18.0 Å². The second kappa shape index (κ2) is 7.18. The fourth-order valence-corrected chi connectivity index (χ4v) is 4.13. The molecule has 1 saturated heterocycles. The minimum Gasteiger partial charge on any atom is -0.342 e. The molecule has 1 amide bonds. The molecule has 1 heterocycles. The minimum absolute atomic E-state index is 0. The van der Waals surface area contributed by atoms with E-state index in [9.17, 15) is 18.0 Å². The van der Waals surface area contributed by atoms with Gasteiger partial charge in [0, 0.05) is 19.6 Å². The van der Waals surface area contributed by atoms with Crippen molar-refractivity contribution in [1.29, 1.82) is 0 Å². The maximum Gasteiger partial charge on any atom is 0.390 e. The van der Waals surface area contributed by atoms with Crippen LogP contribution in [0.2, 0.25) is 0 Å². The highest BCUT2D eigenvalue weighted by atomic mass is 35.5. The lowest BCUT2D eigenvalue weighted by atomic mass is 9.67. The Kier molecular flexibility index (Phi) is 5.88. The number of alkyl halides is 3. The number of carbonyl (C=O) groups is 1. The van der Waals surface area contributed by atoms with E-state index in [1.165, 1.54) is 4.90 Å². The topological polar surface area (TPSA) is 32.3 Å². The fourth-order valence-electron chi connectivity index (χ4n) is 4.13. The van der Waals surface area contributed by atoms with Crippen LogP contribution in [0.5, 0.6) is 0 Å². The van der Waals surface area contributed by atoms with E-state index in [1.807, 2.05) is 0 Å². The summed E-state index contributed by atoms with van der Waals surface area (Å²) in [6.07, 6.45) is 1.01. The Bertz CT molecular complexity index is 428. The minimum atomic E-state index is -4.19. The van der Waals surface area contributed by atoms with Crippen LogP contribution in [0.4, 0.5) is 13.2 Å². The monoisotopic (exact) mass is 354 g/mol. The molecular formula is C16H26ClF3N2O. The van der Waals surface area contributed by atoms with Gasteiger partial charge in [-0.25, -0.2) is 0 Å². The van der Waals surface area contributed by atoms with E-state index in [-0.39, 0.29) is 24.9 Å². The van der Waals surface area contributed by atoms with Crippen molar-refractivity contribution in [3.05, 3.63) is 0 Å². The fraction of sp³-hybridized carbons (Fsp3) is 0.938. The Morgan fingerprint density at radius 1 is 1.22 bits per heavy atom. The van der Waals surface area contributed by atoms with Crippen molar-refractivity contribution in [3.8, 4) is 0 Å². The Labute approximate surface area is 141 Å². The molecule has 0 bridgehead atoms. The van der Waals surface area contributed by atoms with Crippen LogP contribution in [-0.4, -0.2) is 43.2 Å². The zero-order valence-electron chi connectivity index (χ0n) is 13.3. The number of nitrogens with one attached hydrogen (secondary N) is 1. The van der Waals surface area contributed by atoms with Gasteiger partial charge in [0.25, 0.3) is 0 Å². The summed E-state index contributed by atoms with van der Waals surface area (Å²) < 4.78 is 37.8. The van der Waals surface area contributed by atoms with Crippen LogP contribution in [0.25, 0.3) is 0 Å². The van der Waals surface area contributed by atoms with Crippen LogP contribution in [0.3, 0.4) is 0 Å². The lowest BCUT2D eigenvalue weighted by Gasteiger charge is -2.41. The van der Waals surface area contributed by atoms with Gasteiger partial charge >= 0.3 is 6.18 Å². The molecule has 3 aliphatic rings. The number of hydrogen-bond donors (Lipinski definition) is 1. The molecule has 0 aromatic heterocycles. The zero-order chi connectivity index (χ0) is 15.8. The van der Waals surface area contributed by atoms with Crippen molar-refractivity contribution in [2.45, 2.75) is 51.1 Å². The van der Waals surface area contributed by atoms with Crippen LogP contribution in [0.15, 0.2) is 0 Å². The SMILES string of the molecule is Cl.O=C(N(CCC(F)(F)F)CC1CC1)[C@@]12CCCC[C@H]1CNC2. The Balaban J connectivity index is 0.00000192. The number of amides is 1. The molecule has 0 spiro atoms.